The van der Waals surface area contributed by atoms with Crippen molar-refractivity contribution in [3.8, 4) is 0 Å². The number of oxime groups is 1. The molecule has 2 rings (SSSR count). The Morgan fingerprint density at radius 3 is 2.67 bits per heavy atom. The van der Waals surface area contributed by atoms with E-state index in [-0.39, 0.29) is 17.4 Å². The van der Waals surface area contributed by atoms with Crippen molar-refractivity contribution in [2.24, 2.45) is 10.9 Å². The molecule has 0 fully saturated rings. The van der Waals surface area contributed by atoms with E-state index in [9.17, 15) is 4.79 Å². The van der Waals surface area contributed by atoms with Crippen LogP contribution in [0.5, 0.6) is 0 Å². The Morgan fingerprint density at radius 1 is 1.29 bits per heavy atom. The molecule has 0 bridgehead atoms. The molecule has 21 heavy (non-hydrogen) atoms. The summed E-state index contributed by atoms with van der Waals surface area (Å²) in [6, 6.07) is 6.85. The lowest BCUT2D eigenvalue weighted by Gasteiger charge is -2.05. The quantitative estimate of drug-likeness (QED) is 0.333. The number of nitrogens with one attached hydrogen (secondary N) is 1. The molecule has 4 N–H and O–H groups in total. The van der Waals surface area contributed by atoms with E-state index in [0.29, 0.717) is 12.1 Å². The van der Waals surface area contributed by atoms with Crippen LogP contribution in [-0.4, -0.2) is 26.9 Å². The van der Waals surface area contributed by atoms with Crippen molar-refractivity contribution in [2.75, 3.05) is 0 Å². The van der Waals surface area contributed by atoms with Crippen molar-refractivity contribution >= 4 is 11.7 Å². The van der Waals surface area contributed by atoms with Gasteiger partial charge in [-0.2, -0.15) is 0 Å². The van der Waals surface area contributed by atoms with Crippen LogP contribution in [0, 0.1) is 6.92 Å². The predicted octanol–water partition coefficient (Wildman–Crippen LogP) is 0.810. The van der Waals surface area contributed by atoms with Gasteiger partial charge in [0.25, 0.3) is 5.91 Å². The predicted molar refractivity (Wildman–Crippen MR) is 76.9 cm³/mol. The molecule has 0 aliphatic heterocycles. The van der Waals surface area contributed by atoms with Gasteiger partial charge in [-0.25, -0.2) is 0 Å². The number of aryl methyl sites for hydroxylation is 1. The zero-order valence-corrected chi connectivity index (χ0v) is 11.4. The smallest absolute Gasteiger partial charge is 0.270 e. The highest BCUT2D eigenvalue weighted by Gasteiger charge is 2.08. The fourth-order valence-corrected chi connectivity index (χ4v) is 1.61. The molecule has 0 radical (unpaired) electrons. The first-order valence-electron chi connectivity index (χ1n) is 6.24. The van der Waals surface area contributed by atoms with Gasteiger partial charge in [0.05, 0.1) is 0 Å². The summed E-state index contributed by atoms with van der Waals surface area (Å²) in [5, 5.41) is 14.2. The van der Waals surface area contributed by atoms with Crippen LogP contribution in [0.25, 0.3) is 0 Å². The normalized spacial score (nSPS) is 11.2. The van der Waals surface area contributed by atoms with Crippen LogP contribution in [0.4, 0.5) is 0 Å². The molecular weight excluding hydrogens is 270 g/mol. The van der Waals surface area contributed by atoms with Crippen molar-refractivity contribution in [1.82, 2.24) is 15.3 Å². The molecule has 0 aliphatic rings. The first-order valence-corrected chi connectivity index (χ1v) is 6.24. The molecule has 2 heterocycles. The Balaban J connectivity index is 1.98. The fraction of sp³-hybridized carbons (Fsp3) is 0.143. The van der Waals surface area contributed by atoms with E-state index in [4.69, 9.17) is 10.9 Å². The topological polar surface area (TPSA) is 113 Å². The van der Waals surface area contributed by atoms with Crippen molar-refractivity contribution in [3.63, 3.8) is 0 Å². The third kappa shape index (κ3) is 3.75. The summed E-state index contributed by atoms with van der Waals surface area (Å²) >= 11 is 0. The first-order chi connectivity index (χ1) is 10.1. The Hall–Kier alpha value is -2.96. The molecule has 1 amide bonds. The SMILES string of the molecule is Cc1ccc(CNC(=O)c2ccc(C(N)=NO)cn2)cn1. The lowest BCUT2D eigenvalue weighted by molar-refractivity contribution is 0.0946. The summed E-state index contributed by atoms with van der Waals surface area (Å²) in [7, 11) is 0. The highest BCUT2D eigenvalue weighted by molar-refractivity contribution is 5.98. The van der Waals surface area contributed by atoms with Crippen LogP contribution in [0.15, 0.2) is 41.8 Å². The van der Waals surface area contributed by atoms with Crippen LogP contribution < -0.4 is 11.1 Å². The lowest BCUT2D eigenvalue weighted by Crippen LogP contribution is -2.24. The molecule has 7 heteroatoms. The van der Waals surface area contributed by atoms with Crippen LogP contribution in [0.1, 0.15) is 27.3 Å². The van der Waals surface area contributed by atoms with E-state index in [1.807, 2.05) is 19.1 Å². The molecule has 0 atom stereocenters. The monoisotopic (exact) mass is 285 g/mol. The van der Waals surface area contributed by atoms with Gasteiger partial charge in [-0.15, -0.1) is 0 Å². The van der Waals surface area contributed by atoms with Crippen LogP contribution in [-0.2, 0) is 6.54 Å². The van der Waals surface area contributed by atoms with E-state index >= 15 is 0 Å². The highest BCUT2D eigenvalue weighted by Crippen LogP contribution is 2.02. The molecule has 2 aromatic rings. The Kier molecular flexibility index (Phi) is 4.45. The number of pyridine rings is 2. The van der Waals surface area contributed by atoms with Crippen LogP contribution in [0.2, 0.25) is 0 Å². The Labute approximate surface area is 121 Å². The summed E-state index contributed by atoms with van der Waals surface area (Å²) in [6.45, 7) is 2.27. The molecule has 108 valence electrons. The third-order valence-electron chi connectivity index (χ3n) is 2.83. The second-order valence-electron chi connectivity index (χ2n) is 4.41. The summed E-state index contributed by atoms with van der Waals surface area (Å²) in [4.78, 5) is 20.1. The maximum atomic E-state index is 11.9. The number of nitrogens with zero attached hydrogens (tertiary/aromatic N) is 3. The van der Waals surface area contributed by atoms with Gasteiger partial charge in [0, 0.05) is 30.2 Å². The number of carbonyl (C=O) groups excluding carboxylic acids is 1. The maximum Gasteiger partial charge on any atom is 0.270 e. The largest absolute Gasteiger partial charge is 0.409 e. The summed E-state index contributed by atoms with van der Waals surface area (Å²) in [6.07, 6.45) is 3.09. The highest BCUT2D eigenvalue weighted by atomic mass is 16.4. The van der Waals surface area contributed by atoms with E-state index in [2.05, 4.69) is 20.4 Å². The minimum Gasteiger partial charge on any atom is -0.409 e. The van der Waals surface area contributed by atoms with Crippen molar-refractivity contribution in [1.29, 1.82) is 0 Å². The molecule has 0 saturated carbocycles. The van der Waals surface area contributed by atoms with Gasteiger partial charge in [-0.1, -0.05) is 11.2 Å². The van der Waals surface area contributed by atoms with Crippen molar-refractivity contribution in [3.05, 3.63) is 59.2 Å². The molecule has 2 aromatic heterocycles. The number of rotatable bonds is 4. The molecule has 0 spiro atoms. The molecule has 0 aliphatic carbocycles. The van der Waals surface area contributed by atoms with E-state index in [1.54, 1.807) is 12.3 Å². The zero-order chi connectivity index (χ0) is 15.2. The number of aromatic nitrogens is 2. The van der Waals surface area contributed by atoms with Gasteiger partial charge in [0.15, 0.2) is 5.84 Å². The van der Waals surface area contributed by atoms with Gasteiger partial charge < -0.3 is 16.3 Å². The summed E-state index contributed by atoms with van der Waals surface area (Å²) in [5.74, 6) is -0.359. The minimum atomic E-state index is -0.304. The minimum absolute atomic E-state index is 0.0554. The number of amidine groups is 1. The second-order valence-corrected chi connectivity index (χ2v) is 4.41. The van der Waals surface area contributed by atoms with Crippen LogP contribution >= 0.6 is 0 Å². The van der Waals surface area contributed by atoms with Gasteiger partial charge in [-0.3, -0.25) is 14.8 Å². The second kappa shape index (κ2) is 6.47. The van der Waals surface area contributed by atoms with Gasteiger partial charge in [0.1, 0.15) is 5.69 Å². The van der Waals surface area contributed by atoms with Crippen molar-refractivity contribution < 1.29 is 10.0 Å². The molecular formula is C14H15N5O2. The maximum absolute atomic E-state index is 11.9. The van der Waals surface area contributed by atoms with E-state index in [1.165, 1.54) is 12.3 Å². The first kappa shape index (κ1) is 14.4. The van der Waals surface area contributed by atoms with Crippen LogP contribution in [0.3, 0.4) is 0 Å². The van der Waals surface area contributed by atoms with Gasteiger partial charge >= 0.3 is 0 Å². The Morgan fingerprint density at radius 2 is 2.10 bits per heavy atom. The van der Waals surface area contributed by atoms with Crippen molar-refractivity contribution in [2.45, 2.75) is 13.5 Å². The lowest BCUT2D eigenvalue weighted by atomic mass is 10.2. The molecule has 0 saturated heterocycles. The van der Waals surface area contributed by atoms with Gasteiger partial charge in [0.2, 0.25) is 0 Å². The third-order valence-corrected chi connectivity index (χ3v) is 2.83. The zero-order valence-electron chi connectivity index (χ0n) is 11.4. The van der Waals surface area contributed by atoms with E-state index < -0.39 is 0 Å². The number of carbonyl (C=O) groups is 1. The number of hydrogen-bond acceptors (Lipinski definition) is 5. The summed E-state index contributed by atoms with van der Waals surface area (Å²) in [5.41, 5.74) is 7.94. The summed E-state index contributed by atoms with van der Waals surface area (Å²) < 4.78 is 0. The average molecular weight is 285 g/mol. The Bertz CT molecular complexity index is 650. The molecule has 0 aromatic carbocycles. The number of nitrogens with two attached hydrogens (primary N) is 1. The number of hydrogen-bond donors (Lipinski definition) is 3. The average Bonchev–Trinajstić information content (AvgIpc) is 2.53. The van der Waals surface area contributed by atoms with Gasteiger partial charge in [-0.05, 0) is 30.7 Å². The number of amides is 1. The molecule has 0 unspecified atom stereocenters. The van der Waals surface area contributed by atoms with E-state index in [0.717, 1.165) is 11.3 Å². The molecule has 7 nitrogen and oxygen atoms in total. The standard InChI is InChI=1S/C14H15N5O2/c1-9-2-3-10(6-16-9)7-18-14(20)12-5-4-11(8-17-12)13(15)19-21/h2-6,8,21H,7H2,1H3,(H2,15,19)(H,18,20). The fourth-order valence-electron chi connectivity index (χ4n) is 1.61.